The van der Waals surface area contributed by atoms with Crippen LogP contribution in [0.5, 0.6) is 0 Å². The summed E-state index contributed by atoms with van der Waals surface area (Å²) in [4.78, 5) is 26.5. The third kappa shape index (κ3) is 2.70. The third-order valence-electron chi connectivity index (χ3n) is 3.30. The van der Waals surface area contributed by atoms with Crippen LogP contribution >= 0.6 is 0 Å². The van der Waals surface area contributed by atoms with E-state index in [-0.39, 0.29) is 24.1 Å². The predicted octanol–water partition coefficient (Wildman–Crippen LogP) is 2.57. The largest absolute Gasteiger partial charge is 0.312 e. The fourth-order valence-corrected chi connectivity index (χ4v) is 2.32. The molecule has 1 aliphatic heterocycles. The summed E-state index contributed by atoms with van der Waals surface area (Å²) < 4.78 is 0. The Bertz CT molecular complexity index is 609. The molecule has 0 saturated carbocycles. The first kappa shape index (κ1) is 13.8. The molecule has 1 unspecified atom stereocenters. The summed E-state index contributed by atoms with van der Waals surface area (Å²) in [5.74, 6) is -0.0645. The number of azide groups is 1. The number of nitrogens with zero attached hydrogens (tertiary/aromatic N) is 5. The van der Waals surface area contributed by atoms with Crippen LogP contribution in [0, 0.1) is 23.0 Å². The molecular formula is C12H13N5O3. The van der Waals surface area contributed by atoms with Gasteiger partial charge in [-0.3, -0.25) is 14.9 Å². The Morgan fingerprint density at radius 2 is 2.35 bits per heavy atom. The molecule has 20 heavy (non-hydrogen) atoms. The molecule has 0 radical (unpaired) electrons. The highest BCUT2D eigenvalue weighted by molar-refractivity contribution is 5.96. The van der Waals surface area contributed by atoms with E-state index in [4.69, 9.17) is 5.53 Å². The zero-order chi connectivity index (χ0) is 14.7. The van der Waals surface area contributed by atoms with Gasteiger partial charge in [-0.25, -0.2) is 0 Å². The number of anilines is 1. The number of benzene rings is 1. The molecule has 0 aliphatic carbocycles. The smallest absolute Gasteiger partial charge is 0.272 e. The van der Waals surface area contributed by atoms with E-state index in [1.807, 2.05) is 0 Å². The molecule has 2 rings (SSSR count). The number of hydrogen-bond donors (Lipinski definition) is 0. The zero-order valence-electron chi connectivity index (χ0n) is 10.9. The van der Waals surface area contributed by atoms with Crippen LogP contribution in [-0.4, -0.2) is 23.9 Å². The van der Waals surface area contributed by atoms with Gasteiger partial charge >= 0.3 is 0 Å². The summed E-state index contributed by atoms with van der Waals surface area (Å²) >= 11 is 0. The van der Waals surface area contributed by atoms with Crippen LogP contribution in [0.4, 0.5) is 11.4 Å². The first-order valence-electron chi connectivity index (χ1n) is 6.09. The molecule has 1 atom stereocenters. The number of hydrogen-bond acceptors (Lipinski definition) is 4. The van der Waals surface area contributed by atoms with E-state index in [1.54, 1.807) is 24.0 Å². The lowest BCUT2D eigenvalue weighted by atomic mass is 10.1. The van der Waals surface area contributed by atoms with Crippen LogP contribution in [-0.2, 0) is 4.79 Å². The van der Waals surface area contributed by atoms with Crippen LogP contribution in [0.15, 0.2) is 23.3 Å². The topological polar surface area (TPSA) is 112 Å². The van der Waals surface area contributed by atoms with Crippen molar-refractivity contribution >= 4 is 17.3 Å². The monoisotopic (exact) mass is 275 g/mol. The van der Waals surface area contributed by atoms with Gasteiger partial charge in [0.2, 0.25) is 5.91 Å². The molecule has 104 valence electrons. The Kier molecular flexibility index (Phi) is 3.86. The minimum absolute atomic E-state index is 0.00565. The van der Waals surface area contributed by atoms with Gasteiger partial charge in [-0.05, 0) is 30.5 Å². The van der Waals surface area contributed by atoms with E-state index in [0.717, 1.165) is 0 Å². The molecule has 1 aromatic rings. The van der Waals surface area contributed by atoms with Crippen molar-refractivity contribution in [3.8, 4) is 0 Å². The molecule has 1 aromatic carbocycles. The van der Waals surface area contributed by atoms with Gasteiger partial charge in [-0.2, -0.15) is 0 Å². The molecule has 0 N–H and O–H groups in total. The van der Waals surface area contributed by atoms with Gasteiger partial charge in [-0.1, -0.05) is 5.11 Å². The molecule has 8 heteroatoms. The van der Waals surface area contributed by atoms with Gasteiger partial charge in [0, 0.05) is 41.7 Å². The summed E-state index contributed by atoms with van der Waals surface area (Å²) in [6, 6.07) is 4.60. The minimum Gasteiger partial charge on any atom is -0.312 e. The van der Waals surface area contributed by atoms with Crippen LogP contribution in [0.25, 0.3) is 10.4 Å². The molecular weight excluding hydrogens is 262 g/mol. The van der Waals surface area contributed by atoms with Crippen molar-refractivity contribution in [3.05, 3.63) is 44.3 Å². The lowest BCUT2D eigenvalue weighted by molar-refractivity contribution is -0.385. The number of carbonyl (C=O) groups is 1. The van der Waals surface area contributed by atoms with Crippen molar-refractivity contribution in [3.63, 3.8) is 0 Å². The average molecular weight is 275 g/mol. The van der Waals surface area contributed by atoms with Gasteiger partial charge in [0.25, 0.3) is 5.69 Å². The Morgan fingerprint density at radius 1 is 1.60 bits per heavy atom. The normalized spacial score (nSPS) is 17.9. The zero-order valence-corrected chi connectivity index (χ0v) is 10.9. The highest BCUT2D eigenvalue weighted by Gasteiger charge is 2.30. The molecule has 0 spiro atoms. The average Bonchev–Trinajstić information content (AvgIpc) is 2.77. The van der Waals surface area contributed by atoms with Gasteiger partial charge < -0.3 is 4.90 Å². The highest BCUT2D eigenvalue weighted by Crippen LogP contribution is 2.29. The van der Waals surface area contributed by atoms with Crippen molar-refractivity contribution in [2.45, 2.75) is 13.3 Å². The number of nitro groups is 1. The maximum Gasteiger partial charge on any atom is 0.272 e. The van der Waals surface area contributed by atoms with Gasteiger partial charge in [-0.15, -0.1) is 0 Å². The highest BCUT2D eigenvalue weighted by atomic mass is 16.6. The molecule has 8 nitrogen and oxygen atoms in total. The van der Waals surface area contributed by atoms with Crippen molar-refractivity contribution in [2.24, 2.45) is 11.0 Å². The maximum atomic E-state index is 11.9. The Morgan fingerprint density at radius 3 is 2.95 bits per heavy atom. The Labute approximate surface area is 114 Å². The van der Waals surface area contributed by atoms with Crippen molar-refractivity contribution in [1.82, 2.24) is 0 Å². The predicted molar refractivity (Wildman–Crippen MR) is 72.3 cm³/mol. The molecule has 1 aliphatic rings. The molecule has 1 fully saturated rings. The first-order chi connectivity index (χ1) is 9.52. The molecule has 0 bridgehead atoms. The number of amides is 1. The van der Waals surface area contributed by atoms with Gasteiger partial charge in [0.15, 0.2) is 0 Å². The molecule has 1 saturated heterocycles. The number of carbonyl (C=O) groups excluding carboxylic acids is 1. The number of rotatable bonds is 4. The van der Waals surface area contributed by atoms with Gasteiger partial charge in [0.05, 0.1) is 4.92 Å². The number of aryl methyl sites for hydroxylation is 1. The van der Waals surface area contributed by atoms with E-state index in [9.17, 15) is 14.9 Å². The first-order valence-corrected chi connectivity index (χ1v) is 6.09. The standard InChI is InChI=1S/C12H13N5O3/c1-8-4-10(2-3-11(8)17(19)20)16-7-9(5-12(16)18)6-14-15-13/h2-4,9H,5-7H2,1H3. The van der Waals surface area contributed by atoms with Crippen molar-refractivity contribution < 1.29 is 9.72 Å². The van der Waals surface area contributed by atoms with Crippen molar-refractivity contribution in [2.75, 3.05) is 18.0 Å². The Hall–Kier alpha value is -2.60. The van der Waals surface area contributed by atoms with E-state index in [1.165, 1.54) is 6.07 Å². The summed E-state index contributed by atoms with van der Waals surface area (Å²) in [6.45, 7) is 2.39. The lowest BCUT2D eigenvalue weighted by Gasteiger charge is -2.17. The summed E-state index contributed by atoms with van der Waals surface area (Å²) in [5.41, 5.74) is 9.48. The third-order valence-corrected chi connectivity index (χ3v) is 3.30. The second-order valence-electron chi connectivity index (χ2n) is 4.72. The van der Waals surface area contributed by atoms with Crippen LogP contribution in [0.1, 0.15) is 12.0 Å². The molecule has 0 aromatic heterocycles. The summed E-state index contributed by atoms with van der Waals surface area (Å²) in [5, 5.41) is 14.3. The summed E-state index contributed by atoms with van der Waals surface area (Å²) in [6.07, 6.45) is 0.328. The minimum atomic E-state index is -0.449. The molecule has 1 heterocycles. The fourth-order valence-electron chi connectivity index (χ4n) is 2.32. The van der Waals surface area contributed by atoms with E-state index in [2.05, 4.69) is 10.0 Å². The maximum absolute atomic E-state index is 11.9. The second-order valence-corrected chi connectivity index (χ2v) is 4.72. The molecule has 1 amide bonds. The van der Waals surface area contributed by atoms with E-state index in [0.29, 0.717) is 24.2 Å². The van der Waals surface area contributed by atoms with Crippen LogP contribution in [0.3, 0.4) is 0 Å². The van der Waals surface area contributed by atoms with E-state index >= 15 is 0 Å². The Balaban J connectivity index is 2.20. The number of nitro benzene ring substituents is 1. The van der Waals surface area contributed by atoms with E-state index < -0.39 is 4.92 Å². The van der Waals surface area contributed by atoms with Crippen molar-refractivity contribution in [1.29, 1.82) is 0 Å². The lowest BCUT2D eigenvalue weighted by Crippen LogP contribution is -2.24. The quantitative estimate of drug-likeness (QED) is 0.276. The summed E-state index contributed by atoms with van der Waals surface area (Å²) in [7, 11) is 0. The SMILES string of the molecule is Cc1cc(N2CC(CN=[N+]=[N-])CC2=O)ccc1[N+](=O)[O-]. The van der Waals surface area contributed by atoms with Gasteiger partial charge in [0.1, 0.15) is 0 Å². The van der Waals surface area contributed by atoms with Crippen LogP contribution < -0.4 is 4.90 Å². The second kappa shape index (κ2) is 5.58. The fraction of sp³-hybridized carbons (Fsp3) is 0.417. The van der Waals surface area contributed by atoms with Crippen LogP contribution in [0.2, 0.25) is 0 Å².